The summed E-state index contributed by atoms with van der Waals surface area (Å²) in [7, 11) is 0. The monoisotopic (exact) mass is 236 g/mol. The number of carboxylic acids is 1. The molecule has 0 radical (unpaired) electrons. The number of nitrogens with zero attached hydrogens (tertiary/aromatic N) is 2. The summed E-state index contributed by atoms with van der Waals surface area (Å²) in [6.07, 6.45) is 1.48. The minimum Gasteiger partial charge on any atom is -0.481 e. The van der Waals surface area contributed by atoms with Gasteiger partial charge in [0, 0.05) is 24.1 Å². The van der Waals surface area contributed by atoms with Gasteiger partial charge in [-0.25, -0.2) is 4.98 Å². The van der Waals surface area contributed by atoms with E-state index >= 15 is 0 Å². The van der Waals surface area contributed by atoms with Crippen molar-refractivity contribution < 1.29 is 9.90 Å². The average Bonchev–Trinajstić information content (AvgIpc) is 2.71. The largest absolute Gasteiger partial charge is 0.481 e. The van der Waals surface area contributed by atoms with Crippen LogP contribution in [0.1, 0.15) is 44.9 Å². The molecule has 94 valence electrons. The zero-order valence-corrected chi connectivity index (χ0v) is 10.9. The van der Waals surface area contributed by atoms with Crippen LogP contribution in [0.5, 0.6) is 0 Å². The summed E-state index contributed by atoms with van der Waals surface area (Å²) in [6, 6.07) is 0. The van der Waals surface area contributed by atoms with Crippen molar-refractivity contribution in [3.05, 3.63) is 17.2 Å². The molecule has 1 aliphatic rings. The minimum atomic E-state index is -0.713. The quantitative estimate of drug-likeness (QED) is 0.854. The third-order valence-electron chi connectivity index (χ3n) is 3.38. The van der Waals surface area contributed by atoms with Crippen LogP contribution in [0.2, 0.25) is 0 Å². The predicted molar refractivity (Wildman–Crippen MR) is 65.1 cm³/mol. The van der Waals surface area contributed by atoms with Crippen LogP contribution in [0.3, 0.4) is 0 Å². The summed E-state index contributed by atoms with van der Waals surface area (Å²) in [5, 5.41) is 9.06. The smallest absolute Gasteiger partial charge is 0.308 e. The molecule has 17 heavy (non-hydrogen) atoms. The standard InChI is InChI=1S/C13H20N2O2/c1-5-9-11(13(2,3)4)14-10-6-8(12(16)17)7-15(9)10/h8H,5-7H2,1-4H3,(H,16,17). The van der Waals surface area contributed by atoms with Gasteiger partial charge in [-0.05, 0) is 6.42 Å². The van der Waals surface area contributed by atoms with Gasteiger partial charge in [0.1, 0.15) is 5.82 Å². The molecule has 4 nitrogen and oxygen atoms in total. The van der Waals surface area contributed by atoms with Crippen molar-refractivity contribution >= 4 is 5.97 Å². The molecule has 2 heterocycles. The van der Waals surface area contributed by atoms with Crippen LogP contribution in [0, 0.1) is 5.92 Å². The molecule has 0 aliphatic carbocycles. The molecule has 1 unspecified atom stereocenters. The van der Waals surface area contributed by atoms with Gasteiger partial charge >= 0.3 is 5.97 Å². The molecule has 1 atom stereocenters. The van der Waals surface area contributed by atoms with E-state index in [0.717, 1.165) is 17.9 Å². The van der Waals surface area contributed by atoms with E-state index in [1.165, 1.54) is 5.69 Å². The van der Waals surface area contributed by atoms with Gasteiger partial charge < -0.3 is 9.67 Å². The molecular formula is C13H20N2O2. The maximum Gasteiger partial charge on any atom is 0.308 e. The zero-order chi connectivity index (χ0) is 12.8. The van der Waals surface area contributed by atoms with E-state index in [0.29, 0.717) is 13.0 Å². The Kier molecular flexibility index (Phi) is 2.76. The Bertz CT molecular complexity index is 455. The summed E-state index contributed by atoms with van der Waals surface area (Å²) in [4.78, 5) is 15.7. The molecule has 1 aromatic rings. The van der Waals surface area contributed by atoms with Crippen LogP contribution < -0.4 is 0 Å². The number of rotatable bonds is 2. The van der Waals surface area contributed by atoms with E-state index in [2.05, 4.69) is 37.2 Å². The lowest BCUT2D eigenvalue weighted by Gasteiger charge is -2.18. The fourth-order valence-corrected chi connectivity index (χ4v) is 2.54. The fourth-order valence-electron chi connectivity index (χ4n) is 2.54. The lowest BCUT2D eigenvalue weighted by atomic mass is 9.90. The Morgan fingerprint density at radius 1 is 1.53 bits per heavy atom. The molecule has 4 heteroatoms. The first-order chi connectivity index (χ1) is 7.84. The highest BCUT2D eigenvalue weighted by atomic mass is 16.4. The van der Waals surface area contributed by atoms with E-state index in [-0.39, 0.29) is 11.3 Å². The van der Waals surface area contributed by atoms with Crippen molar-refractivity contribution in [1.29, 1.82) is 0 Å². The fraction of sp³-hybridized carbons (Fsp3) is 0.692. The van der Waals surface area contributed by atoms with Gasteiger partial charge in [-0.1, -0.05) is 27.7 Å². The second-order valence-electron chi connectivity index (χ2n) is 5.78. The normalized spacial score (nSPS) is 19.4. The molecule has 1 aliphatic heterocycles. The van der Waals surface area contributed by atoms with Crippen LogP contribution in [-0.4, -0.2) is 20.6 Å². The molecular weight excluding hydrogens is 216 g/mol. The first-order valence-corrected chi connectivity index (χ1v) is 6.16. The molecule has 0 amide bonds. The molecule has 0 aromatic carbocycles. The van der Waals surface area contributed by atoms with Gasteiger partial charge in [0.05, 0.1) is 11.6 Å². The SMILES string of the molecule is CCc1c(C(C)(C)C)nc2n1CC(C(=O)O)C2. The molecule has 0 fully saturated rings. The third kappa shape index (κ3) is 1.96. The molecule has 0 spiro atoms. The van der Waals surface area contributed by atoms with Crippen molar-refractivity contribution in [3.63, 3.8) is 0 Å². The predicted octanol–water partition coefficient (Wildman–Crippen LogP) is 2.00. The number of fused-ring (bicyclic) bond motifs is 1. The lowest BCUT2D eigenvalue weighted by Crippen LogP contribution is -2.19. The van der Waals surface area contributed by atoms with Gasteiger partial charge in [-0.15, -0.1) is 0 Å². The average molecular weight is 236 g/mol. The number of hydrogen-bond donors (Lipinski definition) is 1. The Morgan fingerprint density at radius 2 is 2.18 bits per heavy atom. The first kappa shape index (κ1) is 12.1. The minimum absolute atomic E-state index is 0.0292. The van der Waals surface area contributed by atoms with Crippen LogP contribution in [0.15, 0.2) is 0 Å². The summed E-state index contributed by atoms with van der Waals surface area (Å²) in [5.41, 5.74) is 2.36. The second kappa shape index (κ2) is 3.86. The number of imidazole rings is 1. The van der Waals surface area contributed by atoms with E-state index in [4.69, 9.17) is 5.11 Å². The number of hydrogen-bond acceptors (Lipinski definition) is 2. The van der Waals surface area contributed by atoms with E-state index in [9.17, 15) is 4.79 Å². The van der Waals surface area contributed by atoms with Crippen molar-refractivity contribution in [2.24, 2.45) is 5.92 Å². The highest BCUT2D eigenvalue weighted by molar-refractivity contribution is 5.70. The highest BCUT2D eigenvalue weighted by Gasteiger charge is 2.33. The number of aliphatic carboxylic acids is 1. The lowest BCUT2D eigenvalue weighted by molar-refractivity contribution is -0.141. The van der Waals surface area contributed by atoms with E-state index in [1.807, 2.05) is 0 Å². The Balaban J connectivity index is 2.41. The van der Waals surface area contributed by atoms with Crippen LogP contribution in [0.25, 0.3) is 0 Å². The molecule has 0 saturated heterocycles. The number of aromatic nitrogens is 2. The van der Waals surface area contributed by atoms with Gasteiger partial charge in [-0.2, -0.15) is 0 Å². The van der Waals surface area contributed by atoms with E-state index < -0.39 is 5.97 Å². The van der Waals surface area contributed by atoms with Crippen molar-refractivity contribution in [2.75, 3.05) is 0 Å². The topological polar surface area (TPSA) is 55.1 Å². The van der Waals surface area contributed by atoms with Gasteiger partial charge in [-0.3, -0.25) is 4.79 Å². The van der Waals surface area contributed by atoms with Crippen molar-refractivity contribution in [3.8, 4) is 0 Å². The Labute approximate surface area is 102 Å². The van der Waals surface area contributed by atoms with Crippen LogP contribution in [0.4, 0.5) is 0 Å². The molecule has 0 bridgehead atoms. The first-order valence-electron chi connectivity index (χ1n) is 6.16. The van der Waals surface area contributed by atoms with Crippen LogP contribution in [-0.2, 0) is 29.6 Å². The second-order valence-corrected chi connectivity index (χ2v) is 5.78. The summed E-state index contributed by atoms with van der Waals surface area (Å²) >= 11 is 0. The maximum absolute atomic E-state index is 11.0. The van der Waals surface area contributed by atoms with Crippen molar-refractivity contribution in [1.82, 2.24) is 9.55 Å². The molecule has 0 saturated carbocycles. The number of carboxylic acid groups (broad SMARTS) is 1. The van der Waals surface area contributed by atoms with E-state index in [1.54, 1.807) is 0 Å². The van der Waals surface area contributed by atoms with Crippen molar-refractivity contribution in [2.45, 2.75) is 52.5 Å². The zero-order valence-electron chi connectivity index (χ0n) is 10.9. The van der Waals surface area contributed by atoms with Gasteiger partial charge in [0.2, 0.25) is 0 Å². The summed E-state index contributed by atoms with van der Waals surface area (Å²) in [5.74, 6) is -0.0640. The maximum atomic E-state index is 11.0. The Hall–Kier alpha value is -1.32. The molecule has 2 rings (SSSR count). The van der Waals surface area contributed by atoms with Crippen LogP contribution >= 0.6 is 0 Å². The molecule has 1 aromatic heterocycles. The van der Waals surface area contributed by atoms with Gasteiger partial charge in [0.15, 0.2) is 0 Å². The number of carbonyl (C=O) groups is 1. The summed E-state index contributed by atoms with van der Waals surface area (Å²) < 4.78 is 2.11. The Morgan fingerprint density at radius 3 is 2.65 bits per heavy atom. The molecule has 1 N–H and O–H groups in total. The third-order valence-corrected chi connectivity index (χ3v) is 3.38. The highest BCUT2D eigenvalue weighted by Crippen LogP contribution is 2.31. The summed E-state index contributed by atoms with van der Waals surface area (Å²) in [6.45, 7) is 9.14. The van der Waals surface area contributed by atoms with Gasteiger partial charge in [0.25, 0.3) is 0 Å².